The van der Waals surface area contributed by atoms with Gasteiger partial charge in [-0.3, -0.25) is 9.59 Å². The lowest BCUT2D eigenvalue weighted by Gasteiger charge is -2.22. The molecule has 1 heterocycles. The van der Waals surface area contributed by atoms with Gasteiger partial charge in [0.2, 0.25) is 0 Å². The molecule has 0 radical (unpaired) electrons. The van der Waals surface area contributed by atoms with Crippen LogP contribution < -0.4 is 8.85 Å². The van der Waals surface area contributed by atoms with Gasteiger partial charge in [-0.25, -0.2) is 0 Å². The fraction of sp³-hybridized carbons (Fsp3) is 0.250. The van der Waals surface area contributed by atoms with Gasteiger partial charge in [-0.15, -0.1) is 0 Å². The normalized spacial score (nSPS) is 16.0. The van der Waals surface area contributed by atoms with Crippen molar-refractivity contribution < 1.29 is 27.3 Å². The van der Waals surface area contributed by atoms with Gasteiger partial charge in [0.1, 0.15) is 0 Å². The van der Waals surface area contributed by atoms with Gasteiger partial charge in [-0.1, -0.05) is 12.1 Å². The molecule has 7 heteroatoms. The van der Waals surface area contributed by atoms with Gasteiger partial charge in [0.05, 0.1) is 11.5 Å². The molecule has 0 fully saturated rings. The van der Waals surface area contributed by atoms with Crippen molar-refractivity contribution in [1.82, 2.24) is 0 Å². The largest absolute Gasteiger partial charge is 0.966 e. The number of carbonyl (C=O) groups is 2. The van der Waals surface area contributed by atoms with E-state index in [2.05, 4.69) is 0 Å². The summed E-state index contributed by atoms with van der Waals surface area (Å²) in [7, 11) is -3.64. The number of hydrogen-bond donors (Lipinski definition) is 0. The average molecular weight is 334 g/mol. The Morgan fingerprint density at radius 1 is 0.870 bits per heavy atom. The van der Waals surface area contributed by atoms with E-state index in [0.717, 1.165) is 0 Å². The number of allylic oxidation sites excluding steroid dienone is 4. The van der Waals surface area contributed by atoms with E-state index in [0.29, 0.717) is 23.0 Å². The van der Waals surface area contributed by atoms with E-state index in [1.807, 2.05) is 0 Å². The molecule has 0 aliphatic carbocycles. The standard InChI is InChI=1S/C16H18O6Si/c1-11(17)9-13(3)19-23(20-14(4)10-12(2)18)21-15-7-5-6-8-16(15)22-23/h5-10H,1-4H3/b13-9-,14-10-. The summed E-state index contributed by atoms with van der Waals surface area (Å²) >= 11 is 0. The number of rotatable bonds is 6. The Bertz CT molecular complexity index is 633. The van der Waals surface area contributed by atoms with E-state index in [4.69, 9.17) is 17.7 Å². The lowest BCUT2D eigenvalue weighted by Crippen LogP contribution is -2.51. The van der Waals surface area contributed by atoms with Crippen LogP contribution in [0, 0.1) is 0 Å². The number of benzene rings is 1. The highest BCUT2D eigenvalue weighted by Gasteiger charge is 2.62. The SMILES string of the molecule is CC(=O)/C=C(/C)O[Si]1(O/C(C)=C\C(C)=O)Oc2ccccc2O1. The van der Waals surface area contributed by atoms with Crippen molar-refractivity contribution in [1.29, 1.82) is 0 Å². The summed E-state index contributed by atoms with van der Waals surface area (Å²) in [5.74, 6) is 1.27. The Balaban J connectivity index is 2.30. The molecule has 0 N–H and O–H groups in total. The van der Waals surface area contributed by atoms with Crippen molar-refractivity contribution in [3.63, 3.8) is 0 Å². The van der Waals surface area contributed by atoms with Crippen LogP contribution in [0.25, 0.3) is 0 Å². The molecule has 0 saturated heterocycles. The Morgan fingerprint density at radius 2 is 1.26 bits per heavy atom. The maximum absolute atomic E-state index is 11.2. The van der Waals surface area contributed by atoms with E-state index in [9.17, 15) is 9.59 Å². The molecule has 0 spiro atoms. The Kier molecular flexibility index (Phi) is 4.90. The second kappa shape index (κ2) is 6.70. The van der Waals surface area contributed by atoms with Crippen LogP contribution >= 0.6 is 0 Å². The van der Waals surface area contributed by atoms with E-state index in [-0.39, 0.29) is 11.6 Å². The summed E-state index contributed by atoms with van der Waals surface area (Å²) in [4.78, 5) is 22.4. The molecule has 0 unspecified atom stereocenters. The fourth-order valence-electron chi connectivity index (χ4n) is 2.04. The molecule has 1 aliphatic rings. The minimum absolute atomic E-state index is 0.168. The van der Waals surface area contributed by atoms with Crippen molar-refractivity contribution in [2.45, 2.75) is 27.7 Å². The highest BCUT2D eigenvalue weighted by molar-refractivity contribution is 6.57. The summed E-state index contributed by atoms with van der Waals surface area (Å²) in [5, 5.41) is 0. The zero-order valence-electron chi connectivity index (χ0n) is 13.4. The van der Waals surface area contributed by atoms with E-state index in [1.54, 1.807) is 38.1 Å². The molecule has 6 nitrogen and oxygen atoms in total. The third-order valence-corrected chi connectivity index (χ3v) is 4.79. The van der Waals surface area contributed by atoms with Crippen molar-refractivity contribution in [3.8, 4) is 11.5 Å². The van der Waals surface area contributed by atoms with Gasteiger partial charge in [0.25, 0.3) is 0 Å². The number of ketones is 2. The first-order valence-corrected chi connectivity index (χ1v) is 8.66. The van der Waals surface area contributed by atoms with E-state index >= 15 is 0 Å². The molecule has 0 bridgehead atoms. The minimum Gasteiger partial charge on any atom is -0.456 e. The fourth-order valence-corrected chi connectivity index (χ4v) is 4.07. The van der Waals surface area contributed by atoms with Crippen molar-refractivity contribution in [3.05, 3.63) is 47.9 Å². The Hall–Kier alpha value is -2.54. The minimum atomic E-state index is -3.64. The first kappa shape index (κ1) is 16.8. The molecule has 2 rings (SSSR count). The third kappa shape index (κ3) is 4.46. The van der Waals surface area contributed by atoms with Gasteiger partial charge >= 0.3 is 9.05 Å². The monoisotopic (exact) mass is 334 g/mol. The number of para-hydroxylation sites is 2. The van der Waals surface area contributed by atoms with Gasteiger partial charge in [-0.2, -0.15) is 0 Å². The van der Waals surface area contributed by atoms with Crippen LogP contribution in [0.2, 0.25) is 0 Å². The third-order valence-electron chi connectivity index (χ3n) is 2.70. The van der Waals surface area contributed by atoms with Crippen LogP contribution in [0.1, 0.15) is 27.7 Å². The second-order valence-electron chi connectivity index (χ2n) is 5.09. The maximum atomic E-state index is 11.2. The average Bonchev–Trinajstić information content (AvgIpc) is 2.73. The van der Waals surface area contributed by atoms with Crippen LogP contribution in [0.4, 0.5) is 0 Å². The smallest absolute Gasteiger partial charge is 0.456 e. The summed E-state index contributed by atoms with van der Waals surface area (Å²) in [6, 6.07) is 7.04. The molecule has 0 amide bonds. The molecular formula is C16H18O6Si. The maximum Gasteiger partial charge on any atom is 0.966 e. The van der Waals surface area contributed by atoms with Crippen molar-refractivity contribution >= 4 is 20.6 Å². The molecule has 1 aliphatic heterocycles. The Labute approximate surface area is 135 Å². The summed E-state index contributed by atoms with van der Waals surface area (Å²) < 4.78 is 22.9. The second-order valence-corrected chi connectivity index (χ2v) is 6.90. The molecule has 0 aromatic heterocycles. The predicted octanol–water partition coefficient (Wildman–Crippen LogP) is 2.91. The van der Waals surface area contributed by atoms with Crippen LogP contribution in [0.15, 0.2) is 47.9 Å². The van der Waals surface area contributed by atoms with Crippen LogP contribution in [-0.4, -0.2) is 20.6 Å². The lowest BCUT2D eigenvalue weighted by molar-refractivity contribution is -0.113. The number of hydrogen-bond acceptors (Lipinski definition) is 6. The number of carbonyl (C=O) groups excluding carboxylic acids is 2. The van der Waals surface area contributed by atoms with E-state index in [1.165, 1.54) is 26.0 Å². The van der Waals surface area contributed by atoms with Crippen LogP contribution in [-0.2, 0) is 18.4 Å². The first-order valence-electron chi connectivity index (χ1n) is 7.02. The van der Waals surface area contributed by atoms with Crippen molar-refractivity contribution in [2.24, 2.45) is 0 Å². The number of fused-ring (bicyclic) bond motifs is 1. The zero-order valence-corrected chi connectivity index (χ0v) is 14.4. The molecule has 1 aromatic carbocycles. The summed E-state index contributed by atoms with van der Waals surface area (Å²) in [6.45, 7) is 6.04. The van der Waals surface area contributed by atoms with Crippen LogP contribution in [0.5, 0.6) is 11.5 Å². The highest BCUT2D eigenvalue weighted by atomic mass is 28.4. The van der Waals surface area contributed by atoms with E-state index < -0.39 is 9.05 Å². The summed E-state index contributed by atoms with van der Waals surface area (Å²) in [6.07, 6.45) is 2.63. The first-order chi connectivity index (χ1) is 10.8. The van der Waals surface area contributed by atoms with Gasteiger partial charge in [-0.05, 0) is 39.8 Å². The van der Waals surface area contributed by atoms with Gasteiger partial charge in [0, 0.05) is 12.2 Å². The molecule has 0 saturated carbocycles. The lowest BCUT2D eigenvalue weighted by atomic mass is 10.3. The quantitative estimate of drug-likeness (QED) is 0.452. The topological polar surface area (TPSA) is 71.1 Å². The van der Waals surface area contributed by atoms with Crippen molar-refractivity contribution in [2.75, 3.05) is 0 Å². The molecule has 0 atom stereocenters. The molecule has 23 heavy (non-hydrogen) atoms. The van der Waals surface area contributed by atoms with Gasteiger partial charge in [0.15, 0.2) is 23.1 Å². The van der Waals surface area contributed by atoms with Gasteiger partial charge < -0.3 is 17.7 Å². The zero-order chi connectivity index (χ0) is 17.0. The molecular weight excluding hydrogens is 316 g/mol. The predicted molar refractivity (Wildman–Crippen MR) is 84.5 cm³/mol. The Morgan fingerprint density at radius 3 is 1.61 bits per heavy atom. The molecule has 122 valence electrons. The summed E-state index contributed by atoms with van der Waals surface area (Å²) in [5.41, 5.74) is 0. The van der Waals surface area contributed by atoms with Crippen LogP contribution in [0.3, 0.4) is 0 Å². The molecule has 1 aromatic rings. The highest BCUT2D eigenvalue weighted by Crippen LogP contribution is 2.39.